The van der Waals surface area contributed by atoms with E-state index in [1.54, 1.807) is 7.11 Å². The molecule has 1 aromatic carbocycles. The van der Waals surface area contributed by atoms with E-state index < -0.39 is 0 Å². The molecule has 1 aromatic rings. The Balaban J connectivity index is 1.79. The van der Waals surface area contributed by atoms with Crippen molar-refractivity contribution >= 4 is 11.6 Å². The second kappa shape index (κ2) is 9.64. The van der Waals surface area contributed by atoms with Gasteiger partial charge in [0.1, 0.15) is 0 Å². The van der Waals surface area contributed by atoms with Gasteiger partial charge in [-0.2, -0.15) is 0 Å². The second-order valence-corrected chi connectivity index (χ2v) is 6.68. The molecule has 1 fully saturated rings. The van der Waals surface area contributed by atoms with Crippen LogP contribution in [0.25, 0.3) is 0 Å². The van der Waals surface area contributed by atoms with E-state index in [0.29, 0.717) is 25.7 Å². The lowest BCUT2D eigenvalue weighted by molar-refractivity contribution is -0.125. The molecule has 1 aliphatic rings. The van der Waals surface area contributed by atoms with Gasteiger partial charge in [-0.05, 0) is 42.9 Å². The maximum atomic E-state index is 12.0. The minimum Gasteiger partial charge on any atom is -0.396 e. The lowest BCUT2D eigenvalue weighted by Crippen LogP contribution is -2.34. The summed E-state index contributed by atoms with van der Waals surface area (Å²) in [6.07, 6.45) is 2.84. The standard InChI is InChI=1S/C19H30N2O3/c1-15(9-12-24-2)19(23)20-13-16-3-5-18(6-4-16)21-10-7-17(14-22)8-11-21/h3-6,15,17,22H,7-14H2,1-2H3,(H,20,23). The molecule has 0 aliphatic carbocycles. The van der Waals surface area contributed by atoms with E-state index in [-0.39, 0.29) is 11.8 Å². The van der Waals surface area contributed by atoms with Crippen molar-refractivity contribution in [3.05, 3.63) is 29.8 Å². The smallest absolute Gasteiger partial charge is 0.223 e. The van der Waals surface area contributed by atoms with Crippen LogP contribution in [0.2, 0.25) is 0 Å². The highest BCUT2D eigenvalue weighted by Crippen LogP contribution is 2.23. The molecule has 2 rings (SSSR count). The fourth-order valence-electron chi connectivity index (χ4n) is 2.99. The largest absolute Gasteiger partial charge is 0.396 e. The van der Waals surface area contributed by atoms with E-state index in [2.05, 4.69) is 34.5 Å². The van der Waals surface area contributed by atoms with Crippen LogP contribution in [-0.2, 0) is 16.1 Å². The molecule has 0 bridgehead atoms. The molecular formula is C19H30N2O3. The summed E-state index contributed by atoms with van der Waals surface area (Å²) in [6.45, 7) is 5.39. The molecule has 1 heterocycles. The van der Waals surface area contributed by atoms with Gasteiger partial charge in [-0.3, -0.25) is 4.79 Å². The molecule has 0 aromatic heterocycles. The average molecular weight is 334 g/mol. The summed E-state index contributed by atoms with van der Waals surface area (Å²) in [5, 5.41) is 12.2. The number of benzene rings is 1. The third-order valence-electron chi connectivity index (χ3n) is 4.84. The molecule has 0 saturated carbocycles. The number of carbonyl (C=O) groups is 1. The number of amides is 1. The van der Waals surface area contributed by atoms with E-state index >= 15 is 0 Å². The molecule has 1 atom stereocenters. The average Bonchev–Trinajstić information content (AvgIpc) is 2.64. The van der Waals surface area contributed by atoms with Gasteiger partial charge in [0.25, 0.3) is 0 Å². The number of ether oxygens (including phenoxy) is 1. The second-order valence-electron chi connectivity index (χ2n) is 6.68. The molecule has 1 amide bonds. The fraction of sp³-hybridized carbons (Fsp3) is 0.632. The highest BCUT2D eigenvalue weighted by molar-refractivity contribution is 5.78. The van der Waals surface area contributed by atoms with Crippen LogP contribution >= 0.6 is 0 Å². The van der Waals surface area contributed by atoms with Gasteiger partial charge in [0.2, 0.25) is 5.91 Å². The van der Waals surface area contributed by atoms with Gasteiger partial charge in [-0.1, -0.05) is 19.1 Å². The Labute approximate surface area is 145 Å². The molecule has 1 aliphatic heterocycles. The van der Waals surface area contributed by atoms with Gasteiger partial charge >= 0.3 is 0 Å². The molecule has 2 N–H and O–H groups in total. The first-order valence-corrected chi connectivity index (χ1v) is 8.85. The monoisotopic (exact) mass is 334 g/mol. The van der Waals surface area contributed by atoms with E-state index in [1.807, 2.05) is 6.92 Å². The van der Waals surface area contributed by atoms with E-state index in [4.69, 9.17) is 4.74 Å². The van der Waals surface area contributed by atoms with Crippen LogP contribution in [0.3, 0.4) is 0 Å². The first-order chi connectivity index (χ1) is 11.6. The topological polar surface area (TPSA) is 61.8 Å². The number of nitrogens with zero attached hydrogens (tertiary/aromatic N) is 1. The van der Waals surface area contributed by atoms with Crippen molar-refractivity contribution < 1.29 is 14.6 Å². The Morgan fingerprint density at radius 1 is 1.33 bits per heavy atom. The van der Waals surface area contributed by atoms with E-state index in [0.717, 1.165) is 37.9 Å². The zero-order valence-corrected chi connectivity index (χ0v) is 14.8. The van der Waals surface area contributed by atoms with E-state index in [9.17, 15) is 9.90 Å². The molecule has 0 spiro atoms. The summed E-state index contributed by atoms with van der Waals surface area (Å²) in [6, 6.07) is 8.39. The van der Waals surface area contributed by atoms with Crippen LogP contribution in [0.5, 0.6) is 0 Å². The Hall–Kier alpha value is -1.59. The predicted octanol–water partition coefficient (Wildman–Crippen LogP) is 2.18. The maximum absolute atomic E-state index is 12.0. The predicted molar refractivity (Wildman–Crippen MR) is 96.0 cm³/mol. The number of hydrogen-bond donors (Lipinski definition) is 2. The summed E-state index contributed by atoms with van der Waals surface area (Å²) in [5.74, 6) is 0.495. The molecule has 24 heavy (non-hydrogen) atoms. The molecule has 5 nitrogen and oxygen atoms in total. The zero-order valence-electron chi connectivity index (χ0n) is 14.8. The van der Waals surface area contributed by atoms with Crippen LogP contribution in [0, 0.1) is 11.8 Å². The van der Waals surface area contributed by atoms with Crippen molar-refractivity contribution in [1.29, 1.82) is 0 Å². The van der Waals surface area contributed by atoms with Gasteiger partial charge in [-0.25, -0.2) is 0 Å². The number of rotatable bonds is 8. The quantitative estimate of drug-likeness (QED) is 0.765. The van der Waals surface area contributed by atoms with Crippen LogP contribution < -0.4 is 10.2 Å². The first kappa shape index (κ1) is 18.7. The minimum absolute atomic E-state index is 0.0305. The zero-order chi connectivity index (χ0) is 17.4. The van der Waals surface area contributed by atoms with Gasteiger partial charge in [0, 0.05) is 51.6 Å². The van der Waals surface area contributed by atoms with Crippen molar-refractivity contribution in [3.8, 4) is 0 Å². The normalized spacial score (nSPS) is 16.9. The lowest BCUT2D eigenvalue weighted by Gasteiger charge is -2.33. The molecule has 1 unspecified atom stereocenters. The minimum atomic E-state index is -0.0305. The van der Waals surface area contributed by atoms with Crippen molar-refractivity contribution in [2.75, 3.05) is 38.3 Å². The first-order valence-electron chi connectivity index (χ1n) is 8.85. The third kappa shape index (κ3) is 5.49. The Morgan fingerprint density at radius 2 is 2.00 bits per heavy atom. The Kier molecular flexibility index (Phi) is 7.53. The SMILES string of the molecule is COCCC(C)C(=O)NCc1ccc(N2CCC(CO)CC2)cc1. The fourth-order valence-corrected chi connectivity index (χ4v) is 2.99. The number of aliphatic hydroxyl groups excluding tert-OH is 1. The number of aliphatic hydroxyl groups is 1. The molecule has 0 radical (unpaired) electrons. The van der Waals surface area contributed by atoms with Gasteiger partial charge in [-0.15, -0.1) is 0 Å². The molecule has 1 saturated heterocycles. The number of carbonyl (C=O) groups excluding carboxylic acids is 1. The van der Waals surface area contributed by atoms with E-state index in [1.165, 1.54) is 5.69 Å². The van der Waals surface area contributed by atoms with Gasteiger partial charge in [0.05, 0.1) is 0 Å². The molecule has 134 valence electrons. The van der Waals surface area contributed by atoms with Crippen molar-refractivity contribution in [2.24, 2.45) is 11.8 Å². The van der Waals surface area contributed by atoms with Crippen molar-refractivity contribution in [1.82, 2.24) is 5.32 Å². The number of nitrogens with one attached hydrogen (secondary N) is 1. The Morgan fingerprint density at radius 3 is 2.58 bits per heavy atom. The molecular weight excluding hydrogens is 304 g/mol. The van der Waals surface area contributed by atoms with Crippen LogP contribution in [0.15, 0.2) is 24.3 Å². The Bertz CT molecular complexity index is 496. The summed E-state index contributed by atoms with van der Waals surface area (Å²) in [7, 11) is 1.65. The highest BCUT2D eigenvalue weighted by atomic mass is 16.5. The van der Waals surface area contributed by atoms with Gasteiger partial charge in [0.15, 0.2) is 0 Å². The number of anilines is 1. The summed E-state index contributed by atoms with van der Waals surface area (Å²) in [4.78, 5) is 14.4. The summed E-state index contributed by atoms with van der Waals surface area (Å²) in [5.41, 5.74) is 2.33. The number of methoxy groups -OCH3 is 1. The lowest BCUT2D eigenvalue weighted by atomic mass is 9.97. The van der Waals surface area contributed by atoms with Crippen molar-refractivity contribution in [2.45, 2.75) is 32.7 Å². The number of hydrogen-bond acceptors (Lipinski definition) is 4. The van der Waals surface area contributed by atoms with Gasteiger partial charge < -0.3 is 20.1 Å². The molecule has 5 heteroatoms. The summed E-state index contributed by atoms with van der Waals surface area (Å²) >= 11 is 0. The van der Waals surface area contributed by atoms with Crippen LogP contribution in [-0.4, -0.2) is 44.4 Å². The van der Waals surface area contributed by atoms with Crippen LogP contribution in [0.4, 0.5) is 5.69 Å². The number of piperidine rings is 1. The van der Waals surface area contributed by atoms with Crippen LogP contribution in [0.1, 0.15) is 31.7 Å². The summed E-state index contributed by atoms with van der Waals surface area (Å²) < 4.78 is 5.01. The third-order valence-corrected chi connectivity index (χ3v) is 4.84. The highest BCUT2D eigenvalue weighted by Gasteiger charge is 2.18. The van der Waals surface area contributed by atoms with Crippen molar-refractivity contribution in [3.63, 3.8) is 0 Å². The maximum Gasteiger partial charge on any atom is 0.223 e.